The number of rotatable bonds is 2. The molecule has 1 saturated heterocycles. The summed E-state index contributed by atoms with van der Waals surface area (Å²) in [6, 6.07) is 9.83. The van der Waals surface area contributed by atoms with Gasteiger partial charge in [-0.25, -0.2) is 9.97 Å². The number of hydrogen-bond donors (Lipinski definition) is 0. The van der Waals surface area contributed by atoms with Crippen LogP contribution in [-0.2, 0) is 9.31 Å². The van der Waals surface area contributed by atoms with Crippen molar-refractivity contribution in [3.63, 3.8) is 0 Å². The number of hydrogen-bond acceptors (Lipinski definition) is 5. The van der Waals surface area contributed by atoms with Crippen molar-refractivity contribution in [3.8, 4) is 17.2 Å². The molecule has 5 nitrogen and oxygen atoms in total. The lowest BCUT2D eigenvalue weighted by atomic mass is 9.78. The van der Waals surface area contributed by atoms with Crippen LogP contribution in [0.15, 0.2) is 36.7 Å². The van der Waals surface area contributed by atoms with Crippen molar-refractivity contribution in [1.29, 1.82) is 5.26 Å². The van der Waals surface area contributed by atoms with Gasteiger partial charge in [0.15, 0.2) is 0 Å². The largest absolute Gasteiger partial charge is 0.494 e. The van der Waals surface area contributed by atoms with Crippen LogP contribution in [0.3, 0.4) is 0 Å². The third-order valence-corrected chi connectivity index (χ3v) is 4.52. The van der Waals surface area contributed by atoms with Crippen molar-refractivity contribution < 1.29 is 9.31 Å². The van der Waals surface area contributed by atoms with E-state index >= 15 is 0 Å². The van der Waals surface area contributed by atoms with Crippen LogP contribution >= 0.6 is 0 Å². The van der Waals surface area contributed by atoms with E-state index in [4.69, 9.17) is 14.6 Å². The predicted octanol–water partition coefficient (Wildman–Crippen LogP) is 2.31. The number of nitriles is 1. The van der Waals surface area contributed by atoms with Crippen LogP contribution in [0.2, 0.25) is 0 Å². The van der Waals surface area contributed by atoms with Gasteiger partial charge in [0.2, 0.25) is 5.82 Å². The van der Waals surface area contributed by atoms with Gasteiger partial charge in [0.25, 0.3) is 0 Å². The van der Waals surface area contributed by atoms with E-state index in [1.54, 1.807) is 12.4 Å². The smallest absolute Gasteiger partial charge is 0.399 e. The van der Waals surface area contributed by atoms with E-state index in [0.29, 0.717) is 0 Å². The Hall–Kier alpha value is -2.23. The first-order valence-corrected chi connectivity index (χ1v) is 7.50. The van der Waals surface area contributed by atoms with Gasteiger partial charge in [0.1, 0.15) is 6.07 Å². The van der Waals surface area contributed by atoms with Crippen molar-refractivity contribution in [2.75, 3.05) is 0 Å². The molecule has 0 unspecified atom stereocenters. The highest BCUT2D eigenvalue weighted by Gasteiger charge is 2.51. The monoisotopic (exact) mass is 307 g/mol. The standard InChI is InChI=1S/C17H18BN3O2/c1-16(2)17(3,4)23-18(22-16)14-7-5-12(6-8-14)13-10-20-15(9-19)21-11-13/h5-8,10-11H,1-4H3. The highest BCUT2D eigenvalue weighted by Crippen LogP contribution is 2.36. The van der Waals surface area contributed by atoms with Crippen LogP contribution in [0.25, 0.3) is 11.1 Å². The van der Waals surface area contributed by atoms with Gasteiger partial charge >= 0.3 is 7.12 Å². The maximum absolute atomic E-state index is 8.74. The van der Waals surface area contributed by atoms with Crippen molar-refractivity contribution in [1.82, 2.24) is 9.97 Å². The Bertz CT molecular complexity index is 733. The molecule has 1 aliphatic rings. The van der Waals surface area contributed by atoms with E-state index in [1.807, 2.05) is 58.0 Å². The van der Waals surface area contributed by atoms with Crippen LogP contribution in [0.5, 0.6) is 0 Å². The lowest BCUT2D eigenvalue weighted by Crippen LogP contribution is -2.41. The first-order chi connectivity index (χ1) is 10.8. The minimum absolute atomic E-state index is 0.169. The van der Waals surface area contributed by atoms with E-state index < -0.39 is 0 Å². The molecular formula is C17H18BN3O2. The molecule has 6 heteroatoms. The Kier molecular flexibility index (Phi) is 3.71. The molecule has 2 heterocycles. The molecule has 0 saturated carbocycles. The first-order valence-electron chi connectivity index (χ1n) is 7.50. The van der Waals surface area contributed by atoms with Crippen molar-refractivity contribution in [2.45, 2.75) is 38.9 Å². The quantitative estimate of drug-likeness (QED) is 0.796. The number of benzene rings is 1. The lowest BCUT2D eigenvalue weighted by Gasteiger charge is -2.32. The Morgan fingerprint density at radius 3 is 1.91 bits per heavy atom. The van der Waals surface area contributed by atoms with Crippen molar-refractivity contribution >= 4 is 12.6 Å². The molecule has 23 heavy (non-hydrogen) atoms. The SMILES string of the molecule is CC1(C)OB(c2ccc(-c3cnc(C#N)nc3)cc2)OC1(C)C. The zero-order valence-electron chi connectivity index (χ0n) is 13.7. The summed E-state index contributed by atoms with van der Waals surface area (Å²) in [5.41, 5.74) is 2.12. The molecule has 0 atom stereocenters. The van der Waals surface area contributed by atoms with E-state index in [-0.39, 0.29) is 24.1 Å². The zero-order chi connectivity index (χ0) is 16.7. The normalized spacial score (nSPS) is 18.7. The topological polar surface area (TPSA) is 68.0 Å². The van der Waals surface area contributed by atoms with Gasteiger partial charge in [0.05, 0.1) is 11.2 Å². The molecule has 1 aliphatic heterocycles. The second-order valence-electron chi connectivity index (χ2n) is 6.62. The summed E-state index contributed by atoms with van der Waals surface area (Å²) in [7, 11) is -0.369. The first kappa shape index (κ1) is 15.7. The van der Waals surface area contributed by atoms with Crippen LogP contribution in [0.1, 0.15) is 33.5 Å². The molecule has 0 amide bonds. The fourth-order valence-corrected chi connectivity index (χ4v) is 2.35. The zero-order valence-corrected chi connectivity index (χ0v) is 13.7. The minimum Gasteiger partial charge on any atom is -0.399 e. The average Bonchev–Trinajstić information content (AvgIpc) is 2.76. The summed E-state index contributed by atoms with van der Waals surface area (Å²) in [5.74, 6) is 0.169. The third-order valence-electron chi connectivity index (χ3n) is 4.52. The Balaban J connectivity index is 1.81. The van der Waals surface area contributed by atoms with E-state index in [0.717, 1.165) is 16.6 Å². The highest BCUT2D eigenvalue weighted by atomic mass is 16.7. The molecule has 0 spiro atoms. The Morgan fingerprint density at radius 2 is 1.43 bits per heavy atom. The van der Waals surface area contributed by atoms with Gasteiger partial charge < -0.3 is 9.31 Å². The van der Waals surface area contributed by atoms with Gasteiger partial charge in [-0.3, -0.25) is 0 Å². The molecule has 0 aliphatic carbocycles. The summed E-state index contributed by atoms with van der Waals surface area (Å²) in [5, 5.41) is 8.74. The van der Waals surface area contributed by atoms with E-state index in [1.165, 1.54) is 0 Å². The average molecular weight is 307 g/mol. The van der Waals surface area contributed by atoms with Gasteiger partial charge in [-0.2, -0.15) is 5.26 Å². The lowest BCUT2D eigenvalue weighted by molar-refractivity contribution is 0.00578. The second-order valence-corrected chi connectivity index (χ2v) is 6.62. The number of nitrogens with zero attached hydrogens (tertiary/aromatic N) is 3. The maximum atomic E-state index is 8.74. The fraction of sp³-hybridized carbons (Fsp3) is 0.353. The Labute approximate surface area is 136 Å². The number of aromatic nitrogens is 2. The second kappa shape index (κ2) is 5.45. The van der Waals surface area contributed by atoms with E-state index in [2.05, 4.69) is 9.97 Å². The molecule has 3 rings (SSSR count). The fourth-order valence-electron chi connectivity index (χ4n) is 2.35. The summed E-state index contributed by atoms with van der Waals surface area (Å²) in [4.78, 5) is 7.98. The minimum atomic E-state index is -0.369. The van der Waals surface area contributed by atoms with Gasteiger partial charge in [-0.1, -0.05) is 24.3 Å². The molecule has 2 aromatic rings. The van der Waals surface area contributed by atoms with Gasteiger partial charge in [-0.05, 0) is 38.7 Å². The molecule has 1 aromatic heterocycles. The molecule has 0 N–H and O–H groups in total. The van der Waals surface area contributed by atoms with Gasteiger partial charge in [0, 0.05) is 18.0 Å². The molecule has 1 aromatic carbocycles. The predicted molar refractivity (Wildman–Crippen MR) is 87.9 cm³/mol. The molecule has 116 valence electrons. The van der Waals surface area contributed by atoms with Gasteiger partial charge in [-0.15, -0.1) is 0 Å². The van der Waals surface area contributed by atoms with Crippen molar-refractivity contribution in [3.05, 3.63) is 42.5 Å². The molecular weight excluding hydrogens is 289 g/mol. The molecule has 1 fully saturated rings. The molecule has 0 radical (unpaired) electrons. The third kappa shape index (κ3) is 2.86. The summed E-state index contributed by atoms with van der Waals surface area (Å²) in [6.07, 6.45) is 3.30. The summed E-state index contributed by atoms with van der Waals surface area (Å²) in [6.45, 7) is 8.15. The summed E-state index contributed by atoms with van der Waals surface area (Å²) >= 11 is 0. The highest BCUT2D eigenvalue weighted by molar-refractivity contribution is 6.62. The van der Waals surface area contributed by atoms with Crippen LogP contribution < -0.4 is 5.46 Å². The maximum Gasteiger partial charge on any atom is 0.494 e. The summed E-state index contributed by atoms with van der Waals surface area (Å²) < 4.78 is 12.1. The van der Waals surface area contributed by atoms with E-state index in [9.17, 15) is 0 Å². The van der Waals surface area contributed by atoms with Crippen LogP contribution in [-0.4, -0.2) is 28.3 Å². The van der Waals surface area contributed by atoms with Crippen LogP contribution in [0, 0.1) is 11.3 Å². The van der Waals surface area contributed by atoms with Crippen LogP contribution in [0.4, 0.5) is 0 Å². The molecule has 0 bridgehead atoms. The van der Waals surface area contributed by atoms with Crippen molar-refractivity contribution in [2.24, 2.45) is 0 Å². The Morgan fingerprint density at radius 1 is 0.913 bits per heavy atom.